The lowest BCUT2D eigenvalue weighted by molar-refractivity contribution is 0.0529. The summed E-state index contributed by atoms with van der Waals surface area (Å²) < 4.78 is 52.4. The van der Waals surface area contributed by atoms with Gasteiger partial charge in [0.15, 0.2) is 0 Å². The van der Waals surface area contributed by atoms with E-state index in [1.807, 2.05) is 30.3 Å². The molecule has 10 heteroatoms. The van der Waals surface area contributed by atoms with Crippen molar-refractivity contribution >= 4 is 27.2 Å². The molecule has 176 valence electrons. The van der Waals surface area contributed by atoms with Crippen molar-refractivity contribution in [2.75, 3.05) is 17.6 Å². The van der Waals surface area contributed by atoms with Gasteiger partial charge in [-0.3, -0.25) is 4.72 Å². The van der Waals surface area contributed by atoms with Gasteiger partial charge in [0, 0.05) is 11.6 Å². The van der Waals surface area contributed by atoms with Crippen LogP contribution in [0, 0.1) is 5.82 Å². The number of carbonyl (C=O) groups is 1. The van der Waals surface area contributed by atoms with Crippen molar-refractivity contribution in [2.24, 2.45) is 0 Å². The highest BCUT2D eigenvalue weighted by atomic mass is 32.2. The van der Waals surface area contributed by atoms with E-state index in [1.54, 1.807) is 6.92 Å². The second-order valence-electron chi connectivity index (χ2n) is 7.48. The Kier molecular flexibility index (Phi) is 6.51. The van der Waals surface area contributed by atoms with Crippen LogP contribution in [0.3, 0.4) is 0 Å². The number of fused-ring (bicyclic) bond motifs is 1. The van der Waals surface area contributed by atoms with Crippen LogP contribution in [0.25, 0.3) is 16.8 Å². The smallest absolute Gasteiger partial charge is 0.342 e. The van der Waals surface area contributed by atoms with Crippen molar-refractivity contribution in [2.45, 2.75) is 13.5 Å². The number of benzene rings is 2. The Morgan fingerprint density at radius 1 is 1.12 bits per heavy atom. The van der Waals surface area contributed by atoms with E-state index in [1.165, 1.54) is 41.0 Å². The topological polar surface area (TPSA) is 99.0 Å². The first-order valence-corrected chi connectivity index (χ1v) is 12.3. The van der Waals surface area contributed by atoms with Gasteiger partial charge in [0.1, 0.15) is 35.1 Å². The maximum absolute atomic E-state index is 13.5. The molecule has 0 fully saturated rings. The molecule has 0 spiro atoms. The number of esters is 1. The molecule has 0 radical (unpaired) electrons. The molecule has 4 rings (SSSR count). The first-order valence-electron chi connectivity index (χ1n) is 10.4. The molecular formula is C24H22FN3O5S. The van der Waals surface area contributed by atoms with E-state index in [-0.39, 0.29) is 35.9 Å². The molecule has 0 aliphatic carbocycles. The van der Waals surface area contributed by atoms with Gasteiger partial charge in [-0.25, -0.2) is 22.1 Å². The third-order valence-corrected chi connectivity index (χ3v) is 5.45. The molecule has 2 heterocycles. The van der Waals surface area contributed by atoms with E-state index < -0.39 is 21.8 Å². The zero-order chi connectivity index (χ0) is 24.3. The highest BCUT2D eigenvalue weighted by Gasteiger charge is 2.24. The average molecular weight is 484 g/mol. The molecule has 0 bridgehead atoms. The SMILES string of the molecule is CCOC(=O)c1c(-c2ccc(F)cc2)nn2cc(NS(C)(=O)=O)c(OCc3ccccc3)cc12. The number of carbonyl (C=O) groups excluding carboxylic acids is 1. The summed E-state index contributed by atoms with van der Waals surface area (Å²) in [5, 5.41) is 4.47. The van der Waals surface area contributed by atoms with Gasteiger partial charge in [-0.05, 0) is 36.8 Å². The van der Waals surface area contributed by atoms with Gasteiger partial charge in [0.05, 0.1) is 24.6 Å². The van der Waals surface area contributed by atoms with Gasteiger partial charge in [-0.15, -0.1) is 0 Å². The van der Waals surface area contributed by atoms with Crippen LogP contribution in [-0.4, -0.2) is 36.9 Å². The summed E-state index contributed by atoms with van der Waals surface area (Å²) >= 11 is 0. The highest BCUT2D eigenvalue weighted by molar-refractivity contribution is 7.92. The summed E-state index contributed by atoms with van der Waals surface area (Å²) in [6.07, 6.45) is 2.45. The fraction of sp³-hybridized carbons (Fsp3) is 0.167. The van der Waals surface area contributed by atoms with Gasteiger partial charge in [0.2, 0.25) is 10.0 Å². The lowest BCUT2D eigenvalue weighted by Crippen LogP contribution is -2.12. The normalized spacial score (nSPS) is 11.4. The van der Waals surface area contributed by atoms with Crippen LogP contribution >= 0.6 is 0 Å². The number of hydrogen-bond donors (Lipinski definition) is 1. The monoisotopic (exact) mass is 483 g/mol. The first kappa shape index (κ1) is 23.2. The van der Waals surface area contributed by atoms with Gasteiger partial charge in [0.25, 0.3) is 0 Å². The number of aromatic nitrogens is 2. The largest absolute Gasteiger partial charge is 0.487 e. The summed E-state index contributed by atoms with van der Waals surface area (Å²) in [6, 6.07) is 16.4. The van der Waals surface area contributed by atoms with E-state index in [0.29, 0.717) is 11.1 Å². The Morgan fingerprint density at radius 3 is 2.47 bits per heavy atom. The Morgan fingerprint density at radius 2 is 1.82 bits per heavy atom. The molecule has 34 heavy (non-hydrogen) atoms. The van der Waals surface area contributed by atoms with Crippen LogP contribution in [0.5, 0.6) is 5.75 Å². The maximum atomic E-state index is 13.5. The van der Waals surface area contributed by atoms with Crippen LogP contribution in [0.1, 0.15) is 22.8 Å². The highest BCUT2D eigenvalue weighted by Crippen LogP contribution is 2.34. The van der Waals surface area contributed by atoms with Crippen molar-refractivity contribution in [1.82, 2.24) is 9.61 Å². The molecule has 0 amide bonds. The standard InChI is InChI=1S/C24H22FN3O5S/c1-3-32-24(29)22-20-13-21(33-15-16-7-5-4-6-8-16)19(27-34(2,30)31)14-28(20)26-23(22)17-9-11-18(25)12-10-17/h4-14,27H,3,15H2,1-2H3. The second-order valence-corrected chi connectivity index (χ2v) is 9.23. The molecule has 0 saturated heterocycles. The minimum atomic E-state index is -3.64. The van der Waals surface area contributed by atoms with Crippen molar-refractivity contribution in [3.8, 4) is 17.0 Å². The number of hydrogen-bond acceptors (Lipinski definition) is 6. The molecule has 0 unspecified atom stereocenters. The predicted molar refractivity (Wildman–Crippen MR) is 126 cm³/mol. The van der Waals surface area contributed by atoms with Crippen LogP contribution in [-0.2, 0) is 21.4 Å². The summed E-state index contributed by atoms with van der Waals surface area (Å²) in [4.78, 5) is 12.9. The predicted octanol–water partition coefficient (Wildman–Crippen LogP) is 4.27. The molecule has 2 aromatic carbocycles. The molecule has 0 saturated carbocycles. The number of halogens is 1. The zero-order valence-electron chi connectivity index (χ0n) is 18.5. The number of rotatable bonds is 8. The van der Waals surface area contributed by atoms with E-state index >= 15 is 0 Å². The molecule has 1 N–H and O–H groups in total. The molecule has 2 aromatic heterocycles. The van der Waals surface area contributed by atoms with Gasteiger partial charge < -0.3 is 9.47 Å². The Hall–Kier alpha value is -3.92. The molecule has 4 aromatic rings. The van der Waals surface area contributed by atoms with Crippen LogP contribution in [0.2, 0.25) is 0 Å². The molecule has 8 nitrogen and oxygen atoms in total. The van der Waals surface area contributed by atoms with Gasteiger partial charge in [-0.2, -0.15) is 5.10 Å². The molecule has 0 aliphatic rings. The number of sulfonamides is 1. The molecule has 0 aliphatic heterocycles. The summed E-state index contributed by atoms with van der Waals surface area (Å²) in [5.41, 5.74) is 2.29. The molecular weight excluding hydrogens is 461 g/mol. The van der Waals surface area contributed by atoms with E-state index in [9.17, 15) is 17.6 Å². The van der Waals surface area contributed by atoms with Crippen LogP contribution < -0.4 is 9.46 Å². The number of anilines is 1. The third-order valence-electron chi connectivity index (χ3n) is 4.86. The van der Waals surface area contributed by atoms with Crippen molar-refractivity contribution < 1.29 is 27.1 Å². The molecule has 0 atom stereocenters. The maximum Gasteiger partial charge on any atom is 0.342 e. The number of ether oxygens (including phenoxy) is 2. The van der Waals surface area contributed by atoms with Crippen molar-refractivity contribution in [1.29, 1.82) is 0 Å². The van der Waals surface area contributed by atoms with Crippen LogP contribution in [0.15, 0.2) is 66.9 Å². The Bertz CT molecular complexity index is 1440. The summed E-state index contributed by atoms with van der Waals surface area (Å²) in [5.74, 6) is -0.839. The quantitative estimate of drug-likeness (QED) is 0.376. The zero-order valence-corrected chi connectivity index (χ0v) is 19.3. The van der Waals surface area contributed by atoms with Crippen LogP contribution in [0.4, 0.5) is 10.1 Å². The lowest BCUT2D eigenvalue weighted by Gasteiger charge is -2.13. The fourth-order valence-corrected chi connectivity index (χ4v) is 3.97. The summed E-state index contributed by atoms with van der Waals surface area (Å²) in [6.45, 7) is 2.00. The van der Waals surface area contributed by atoms with Crippen molar-refractivity contribution in [3.63, 3.8) is 0 Å². The minimum Gasteiger partial charge on any atom is -0.487 e. The third kappa shape index (κ3) is 5.18. The van der Waals surface area contributed by atoms with E-state index in [4.69, 9.17) is 9.47 Å². The Balaban J connectivity index is 1.88. The fourth-order valence-electron chi connectivity index (χ4n) is 3.42. The number of pyridine rings is 1. The van der Waals surface area contributed by atoms with Gasteiger partial charge >= 0.3 is 5.97 Å². The number of nitrogens with zero attached hydrogens (tertiary/aromatic N) is 2. The first-order chi connectivity index (χ1) is 16.2. The van der Waals surface area contributed by atoms with Crippen molar-refractivity contribution in [3.05, 3.63) is 83.8 Å². The van der Waals surface area contributed by atoms with E-state index in [2.05, 4.69) is 9.82 Å². The summed E-state index contributed by atoms with van der Waals surface area (Å²) in [7, 11) is -3.64. The second kappa shape index (κ2) is 9.52. The average Bonchev–Trinajstić information content (AvgIpc) is 3.16. The number of nitrogens with one attached hydrogen (secondary N) is 1. The van der Waals surface area contributed by atoms with E-state index in [0.717, 1.165) is 11.8 Å². The lowest BCUT2D eigenvalue weighted by atomic mass is 10.1. The van der Waals surface area contributed by atoms with Gasteiger partial charge in [-0.1, -0.05) is 30.3 Å². The minimum absolute atomic E-state index is 0.143. The Labute approximate surface area is 196 Å².